The summed E-state index contributed by atoms with van der Waals surface area (Å²) in [6.45, 7) is 5.97. The lowest BCUT2D eigenvalue weighted by molar-refractivity contribution is -0.143. The smallest absolute Gasteiger partial charge is 0.315 e. The molecule has 2 atom stereocenters. The second-order valence-electron chi connectivity index (χ2n) is 7.59. The molecule has 0 bridgehead atoms. The van der Waals surface area contributed by atoms with Gasteiger partial charge in [-0.2, -0.15) is 0 Å². The largest absolute Gasteiger partial charge is 0.468 e. The van der Waals surface area contributed by atoms with E-state index in [4.69, 9.17) is 16.3 Å². The summed E-state index contributed by atoms with van der Waals surface area (Å²) < 4.78 is 5.01. The first-order valence-electron chi connectivity index (χ1n) is 8.38. The zero-order valence-corrected chi connectivity index (χ0v) is 15.7. The first kappa shape index (κ1) is 17.9. The Morgan fingerprint density at radius 1 is 1.32 bits per heavy atom. The molecular weight excluding hydrogens is 338 g/mol. The molecule has 0 amide bonds. The Labute approximate surface area is 152 Å². The molecule has 0 saturated heterocycles. The number of nitrogens with zero attached hydrogens (tertiary/aromatic N) is 1. The number of halogens is 1. The summed E-state index contributed by atoms with van der Waals surface area (Å²) in [6.07, 6.45) is 1.17. The molecule has 1 aliphatic carbocycles. The average molecular weight is 360 g/mol. The van der Waals surface area contributed by atoms with Gasteiger partial charge in [-0.3, -0.25) is 14.6 Å². The SMILES string of the molecule is COC(=O)C1C(C)=NC2=C(C(=O)CC(C)(C)C2)[C@@H]1c1cccc(Cl)c1. The maximum Gasteiger partial charge on any atom is 0.315 e. The molecule has 1 aliphatic heterocycles. The van der Waals surface area contributed by atoms with Gasteiger partial charge in [-0.1, -0.05) is 37.6 Å². The third-order valence-electron chi connectivity index (χ3n) is 4.97. The molecule has 1 heterocycles. The van der Waals surface area contributed by atoms with E-state index in [-0.39, 0.29) is 17.2 Å². The summed E-state index contributed by atoms with van der Waals surface area (Å²) in [5.74, 6) is -1.33. The Morgan fingerprint density at radius 3 is 2.68 bits per heavy atom. The zero-order chi connectivity index (χ0) is 18.4. The van der Waals surface area contributed by atoms with E-state index in [0.717, 1.165) is 17.7 Å². The van der Waals surface area contributed by atoms with E-state index in [1.165, 1.54) is 7.11 Å². The zero-order valence-electron chi connectivity index (χ0n) is 14.9. The fraction of sp³-hybridized carbons (Fsp3) is 0.450. The monoisotopic (exact) mass is 359 g/mol. The summed E-state index contributed by atoms with van der Waals surface area (Å²) in [5, 5.41) is 0.576. The van der Waals surface area contributed by atoms with E-state index < -0.39 is 11.8 Å². The molecule has 5 heteroatoms. The van der Waals surface area contributed by atoms with Crippen LogP contribution in [0.25, 0.3) is 0 Å². The van der Waals surface area contributed by atoms with Gasteiger partial charge in [0.25, 0.3) is 0 Å². The van der Waals surface area contributed by atoms with E-state index in [0.29, 0.717) is 22.7 Å². The van der Waals surface area contributed by atoms with Crippen molar-refractivity contribution in [3.05, 3.63) is 46.1 Å². The molecule has 0 fully saturated rings. The molecule has 3 rings (SSSR count). The van der Waals surface area contributed by atoms with Crippen LogP contribution in [0.5, 0.6) is 0 Å². The fourth-order valence-corrected chi connectivity index (χ4v) is 4.14. The number of hydrogen-bond acceptors (Lipinski definition) is 4. The first-order valence-corrected chi connectivity index (χ1v) is 8.76. The predicted molar refractivity (Wildman–Crippen MR) is 97.9 cm³/mol. The third-order valence-corrected chi connectivity index (χ3v) is 5.20. The lowest BCUT2D eigenvalue weighted by Crippen LogP contribution is -2.39. The summed E-state index contributed by atoms with van der Waals surface area (Å²) in [4.78, 5) is 30.1. The number of aliphatic imine (C=N–C) groups is 1. The van der Waals surface area contributed by atoms with E-state index in [9.17, 15) is 9.59 Å². The van der Waals surface area contributed by atoms with Gasteiger partial charge in [0.1, 0.15) is 5.92 Å². The molecular formula is C20H22ClNO3. The van der Waals surface area contributed by atoms with Crippen molar-refractivity contribution < 1.29 is 14.3 Å². The lowest BCUT2D eigenvalue weighted by Gasteiger charge is -2.38. The number of rotatable bonds is 2. The minimum absolute atomic E-state index is 0.0568. The van der Waals surface area contributed by atoms with Crippen LogP contribution in [0.2, 0.25) is 5.02 Å². The van der Waals surface area contributed by atoms with Crippen molar-refractivity contribution in [1.29, 1.82) is 0 Å². The number of esters is 1. The molecule has 132 valence electrons. The second-order valence-corrected chi connectivity index (χ2v) is 8.02. The molecule has 2 aliphatic rings. The van der Waals surface area contributed by atoms with Gasteiger partial charge in [0.2, 0.25) is 0 Å². The van der Waals surface area contributed by atoms with E-state index >= 15 is 0 Å². The van der Waals surface area contributed by atoms with Crippen LogP contribution in [-0.2, 0) is 14.3 Å². The Kier molecular flexibility index (Phi) is 4.58. The highest BCUT2D eigenvalue weighted by atomic mass is 35.5. The number of benzene rings is 1. The van der Waals surface area contributed by atoms with Crippen molar-refractivity contribution in [1.82, 2.24) is 0 Å². The van der Waals surface area contributed by atoms with Gasteiger partial charge in [-0.05, 0) is 36.5 Å². The second kappa shape index (κ2) is 6.41. The van der Waals surface area contributed by atoms with Crippen LogP contribution in [0, 0.1) is 11.3 Å². The molecule has 1 aromatic carbocycles. The third kappa shape index (κ3) is 3.28. The van der Waals surface area contributed by atoms with Crippen LogP contribution in [0.4, 0.5) is 0 Å². The highest BCUT2D eigenvalue weighted by molar-refractivity contribution is 6.30. The molecule has 0 radical (unpaired) electrons. The number of allylic oxidation sites excluding steroid dienone is 2. The van der Waals surface area contributed by atoms with Crippen LogP contribution < -0.4 is 0 Å². The van der Waals surface area contributed by atoms with Gasteiger partial charge >= 0.3 is 5.97 Å². The van der Waals surface area contributed by atoms with Crippen LogP contribution in [0.15, 0.2) is 40.5 Å². The van der Waals surface area contributed by atoms with Crippen molar-refractivity contribution in [2.45, 2.75) is 39.5 Å². The van der Waals surface area contributed by atoms with Gasteiger partial charge in [0, 0.05) is 34.3 Å². The van der Waals surface area contributed by atoms with Crippen molar-refractivity contribution in [3.63, 3.8) is 0 Å². The van der Waals surface area contributed by atoms with Crippen LogP contribution in [0.3, 0.4) is 0 Å². The Balaban J connectivity index is 2.21. The van der Waals surface area contributed by atoms with Gasteiger partial charge < -0.3 is 4.74 Å². The van der Waals surface area contributed by atoms with Crippen LogP contribution in [-0.4, -0.2) is 24.6 Å². The van der Waals surface area contributed by atoms with Crippen molar-refractivity contribution >= 4 is 29.1 Å². The number of methoxy groups -OCH3 is 1. The molecule has 4 nitrogen and oxygen atoms in total. The molecule has 1 unspecified atom stereocenters. The maximum absolute atomic E-state index is 13.0. The summed E-state index contributed by atoms with van der Waals surface area (Å²) in [5.41, 5.74) is 2.83. The molecule has 0 N–H and O–H groups in total. The maximum atomic E-state index is 13.0. The standard InChI is InChI=1S/C20H22ClNO3/c1-11-16(19(24)25-4)17(12-6-5-7-13(21)8-12)18-14(22-11)9-20(2,3)10-15(18)23/h5-8,16-17H,9-10H2,1-4H3/t16?,17-/m1/s1. The number of carbonyl (C=O) groups is 2. The number of ketones is 1. The average Bonchev–Trinajstić information content (AvgIpc) is 2.51. The van der Waals surface area contributed by atoms with E-state index in [1.807, 2.05) is 25.1 Å². The van der Waals surface area contributed by atoms with E-state index in [2.05, 4.69) is 18.8 Å². The molecule has 1 aromatic rings. The quantitative estimate of drug-likeness (QED) is 0.738. The molecule has 0 spiro atoms. The topological polar surface area (TPSA) is 55.7 Å². The van der Waals surface area contributed by atoms with Gasteiger partial charge in [-0.25, -0.2) is 0 Å². The summed E-state index contributed by atoms with van der Waals surface area (Å²) >= 11 is 6.17. The Bertz CT molecular complexity index is 807. The normalized spacial score (nSPS) is 25.3. The van der Waals surface area contributed by atoms with Gasteiger partial charge in [-0.15, -0.1) is 0 Å². The van der Waals surface area contributed by atoms with Gasteiger partial charge in [0.05, 0.1) is 7.11 Å². The predicted octanol–water partition coefficient (Wildman–Crippen LogP) is 4.33. The molecule has 0 aromatic heterocycles. The highest BCUT2D eigenvalue weighted by Crippen LogP contribution is 2.48. The van der Waals surface area contributed by atoms with Crippen LogP contribution >= 0.6 is 11.6 Å². The number of carbonyl (C=O) groups excluding carboxylic acids is 2. The van der Waals surface area contributed by atoms with Crippen molar-refractivity contribution in [3.8, 4) is 0 Å². The van der Waals surface area contributed by atoms with Crippen molar-refractivity contribution in [2.75, 3.05) is 7.11 Å². The lowest BCUT2D eigenvalue weighted by atomic mass is 9.67. The number of hydrogen-bond donors (Lipinski definition) is 0. The fourth-order valence-electron chi connectivity index (χ4n) is 3.94. The minimum Gasteiger partial charge on any atom is -0.468 e. The molecule has 0 saturated carbocycles. The highest BCUT2D eigenvalue weighted by Gasteiger charge is 2.45. The van der Waals surface area contributed by atoms with Crippen LogP contribution in [0.1, 0.15) is 45.1 Å². The summed E-state index contributed by atoms with van der Waals surface area (Å²) in [6, 6.07) is 7.34. The van der Waals surface area contributed by atoms with Gasteiger partial charge in [0.15, 0.2) is 5.78 Å². The first-order chi connectivity index (χ1) is 11.7. The van der Waals surface area contributed by atoms with E-state index in [1.54, 1.807) is 6.07 Å². The van der Waals surface area contributed by atoms with Crippen molar-refractivity contribution in [2.24, 2.45) is 16.3 Å². The Hall–Kier alpha value is -1.94. The molecule has 25 heavy (non-hydrogen) atoms. The Morgan fingerprint density at radius 2 is 2.04 bits per heavy atom. The minimum atomic E-state index is -0.604. The number of ether oxygens (including phenoxy) is 1. The summed E-state index contributed by atoms with van der Waals surface area (Å²) in [7, 11) is 1.36. The number of Topliss-reactive ketones (excluding diaryl/α,β-unsaturated/α-hetero) is 1.